The number of nitrogens with zero attached hydrogens (tertiary/aromatic N) is 3. The number of hydrogen-bond acceptors (Lipinski definition) is 5. The summed E-state index contributed by atoms with van der Waals surface area (Å²) in [7, 11) is 0. The van der Waals surface area contributed by atoms with Crippen LogP contribution < -0.4 is 10.7 Å². The van der Waals surface area contributed by atoms with Gasteiger partial charge in [0.15, 0.2) is 5.13 Å². The van der Waals surface area contributed by atoms with Gasteiger partial charge in [-0.2, -0.15) is 5.10 Å². The number of para-hydroxylation sites is 1. The molecule has 4 aromatic carbocycles. The van der Waals surface area contributed by atoms with E-state index in [1.165, 1.54) is 22.5 Å². The molecular formula is C33H26ClN5OS. The van der Waals surface area contributed by atoms with Gasteiger partial charge in [-0.25, -0.2) is 10.4 Å². The highest BCUT2D eigenvalue weighted by atomic mass is 35.5. The molecule has 0 bridgehead atoms. The average molecular weight is 576 g/mol. The average Bonchev–Trinajstić information content (AvgIpc) is 3.60. The molecule has 0 unspecified atom stereocenters. The lowest BCUT2D eigenvalue weighted by Crippen LogP contribution is -2.17. The summed E-state index contributed by atoms with van der Waals surface area (Å²) in [6, 6.07) is 31.6. The van der Waals surface area contributed by atoms with Crippen LogP contribution in [0.3, 0.4) is 0 Å². The summed E-state index contributed by atoms with van der Waals surface area (Å²) in [5.74, 6) is -0.278. The molecule has 0 radical (unpaired) electrons. The fourth-order valence-electron chi connectivity index (χ4n) is 4.54. The summed E-state index contributed by atoms with van der Waals surface area (Å²) < 4.78 is 2.21. The zero-order valence-corrected chi connectivity index (χ0v) is 23.8. The highest BCUT2D eigenvalue weighted by molar-refractivity contribution is 7.14. The maximum Gasteiger partial charge on any atom is 0.271 e. The van der Waals surface area contributed by atoms with Crippen molar-refractivity contribution in [1.82, 2.24) is 15.0 Å². The number of fused-ring (bicyclic) bond motifs is 1. The summed E-state index contributed by atoms with van der Waals surface area (Å²) in [5, 5.41) is 12.1. The normalized spacial score (nSPS) is 11.3. The molecule has 0 saturated carbocycles. The number of carbonyl (C=O) groups excluding carboxylic acids is 1. The first-order chi connectivity index (χ1) is 20.0. The molecule has 0 atom stereocenters. The maximum absolute atomic E-state index is 12.8. The first-order valence-electron chi connectivity index (χ1n) is 13.1. The fourth-order valence-corrected chi connectivity index (χ4v) is 5.40. The smallest absolute Gasteiger partial charge is 0.271 e. The molecule has 6 aromatic rings. The van der Waals surface area contributed by atoms with Gasteiger partial charge in [-0.1, -0.05) is 71.8 Å². The van der Waals surface area contributed by atoms with Gasteiger partial charge in [-0.3, -0.25) is 4.79 Å². The number of nitrogens with one attached hydrogen (secondary N) is 2. The van der Waals surface area contributed by atoms with E-state index >= 15 is 0 Å². The van der Waals surface area contributed by atoms with Crippen molar-refractivity contribution in [3.8, 4) is 11.3 Å². The first kappa shape index (κ1) is 26.5. The first-order valence-corrected chi connectivity index (χ1v) is 14.3. The van der Waals surface area contributed by atoms with Crippen LogP contribution >= 0.6 is 22.9 Å². The zero-order chi connectivity index (χ0) is 28.2. The minimum absolute atomic E-state index is 0.278. The van der Waals surface area contributed by atoms with Gasteiger partial charge in [0.1, 0.15) is 0 Å². The number of aryl methyl sites for hydroxylation is 1. The summed E-state index contributed by atoms with van der Waals surface area (Å²) in [4.78, 5) is 17.4. The Kier molecular flexibility index (Phi) is 7.63. The van der Waals surface area contributed by atoms with Gasteiger partial charge in [0.25, 0.3) is 5.91 Å². The quantitative estimate of drug-likeness (QED) is 0.142. The number of rotatable bonds is 8. The Morgan fingerprint density at radius 2 is 1.73 bits per heavy atom. The van der Waals surface area contributed by atoms with E-state index in [-0.39, 0.29) is 5.91 Å². The summed E-state index contributed by atoms with van der Waals surface area (Å²) in [5.41, 5.74) is 10.4. The number of aromatic nitrogens is 2. The number of hydrogen-bond donors (Lipinski definition) is 2. The van der Waals surface area contributed by atoms with E-state index < -0.39 is 0 Å². The third-order valence-corrected chi connectivity index (χ3v) is 7.71. The number of carbonyl (C=O) groups is 1. The largest absolute Gasteiger partial charge is 0.342 e. The van der Waals surface area contributed by atoms with Gasteiger partial charge in [0.2, 0.25) is 0 Å². The minimum Gasteiger partial charge on any atom is -0.342 e. The maximum atomic E-state index is 12.8. The second-order valence-electron chi connectivity index (χ2n) is 9.66. The Balaban J connectivity index is 1.11. The van der Waals surface area contributed by atoms with Crippen LogP contribution in [0.25, 0.3) is 22.2 Å². The second kappa shape index (κ2) is 11.8. The molecule has 6 nitrogen and oxygen atoms in total. The van der Waals surface area contributed by atoms with E-state index in [0.717, 1.165) is 45.1 Å². The van der Waals surface area contributed by atoms with Crippen molar-refractivity contribution >= 4 is 56.8 Å². The van der Waals surface area contributed by atoms with Crippen LogP contribution in [0.5, 0.6) is 0 Å². The minimum atomic E-state index is -0.278. The van der Waals surface area contributed by atoms with E-state index in [4.69, 9.17) is 11.6 Å². The molecule has 0 spiro atoms. The molecule has 2 N–H and O–H groups in total. The lowest BCUT2D eigenvalue weighted by atomic mass is 10.1. The van der Waals surface area contributed by atoms with E-state index in [0.29, 0.717) is 10.6 Å². The molecule has 8 heteroatoms. The topological polar surface area (TPSA) is 71.3 Å². The van der Waals surface area contributed by atoms with Crippen LogP contribution in [0.1, 0.15) is 27.0 Å². The van der Waals surface area contributed by atoms with Crippen molar-refractivity contribution < 1.29 is 4.79 Å². The second-order valence-corrected chi connectivity index (χ2v) is 11.0. The third kappa shape index (κ3) is 6.22. The zero-order valence-electron chi connectivity index (χ0n) is 22.2. The molecule has 202 valence electrons. The molecular weight excluding hydrogens is 550 g/mol. The number of hydrazone groups is 1. The van der Waals surface area contributed by atoms with Crippen molar-refractivity contribution in [1.29, 1.82) is 0 Å². The standard InChI is InChI=1S/C33H26ClN5OS/c1-22-6-8-23(9-7-22)19-39-20-26(29-4-2-3-5-31(29)39)18-35-38-32(40)25-12-10-24(11-13-25)30-21-41-33(37-30)36-28-16-14-27(34)15-17-28/h2-18,20-21H,19H2,1H3,(H,36,37)(H,38,40)/b35-18-. The van der Waals surface area contributed by atoms with Gasteiger partial charge in [0, 0.05) is 56.4 Å². The van der Waals surface area contributed by atoms with Gasteiger partial charge < -0.3 is 9.88 Å². The molecule has 0 saturated heterocycles. The van der Waals surface area contributed by atoms with E-state index in [9.17, 15) is 4.79 Å². The van der Waals surface area contributed by atoms with Crippen LogP contribution in [-0.2, 0) is 6.54 Å². The molecule has 0 fully saturated rings. The van der Waals surface area contributed by atoms with Crippen molar-refractivity contribution in [3.05, 3.63) is 136 Å². The summed E-state index contributed by atoms with van der Waals surface area (Å²) in [6.07, 6.45) is 3.77. The summed E-state index contributed by atoms with van der Waals surface area (Å²) >= 11 is 7.47. The van der Waals surface area contributed by atoms with Crippen molar-refractivity contribution in [3.63, 3.8) is 0 Å². The predicted octanol–water partition coefficient (Wildman–Crippen LogP) is 8.28. The van der Waals surface area contributed by atoms with Crippen molar-refractivity contribution in [2.75, 3.05) is 5.32 Å². The van der Waals surface area contributed by atoms with Crippen molar-refractivity contribution in [2.24, 2.45) is 5.10 Å². The van der Waals surface area contributed by atoms with E-state index in [2.05, 4.69) is 74.9 Å². The van der Waals surface area contributed by atoms with Crippen molar-refractivity contribution in [2.45, 2.75) is 13.5 Å². The number of amides is 1. The number of anilines is 2. The number of benzene rings is 4. The predicted molar refractivity (Wildman–Crippen MR) is 170 cm³/mol. The number of halogens is 1. The molecule has 2 heterocycles. The molecule has 0 aliphatic heterocycles. The Morgan fingerprint density at radius 1 is 0.976 bits per heavy atom. The lowest BCUT2D eigenvalue weighted by Gasteiger charge is -2.06. The van der Waals surface area contributed by atoms with Gasteiger partial charge in [-0.05, 0) is 55.0 Å². The summed E-state index contributed by atoms with van der Waals surface area (Å²) in [6.45, 7) is 2.84. The molecule has 41 heavy (non-hydrogen) atoms. The number of thiazole rings is 1. The molecule has 1 amide bonds. The van der Waals surface area contributed by atoms with Gasteiger partial charge >= 0.3 is 0 Å². The Morgan fingerprint density at radius 3 is 2.51 bits per heavy atom. The van der Waals surface area contributed by atoms with Crippen LogP contribution in [0, 0.1) is 6.92 Å². The van der Waals surface area contributed by atoms with Crippen LogP contribution in [0.2, 0.25) is 5.02 Å². The lowest BCUT2D eigenvalue weighted by molar-refractivity contribution is 0.0955. The third-order valence-electron chi connectivity index (χ3n) is 6.71. The molecule has 6 rings (SSSR count). The monoisotopic (exact) mass is 575 g/mol. The fraction of sp³-hybridized carbons (Fsp3) is 0.0606. The van der Waals surface area contributed by atoms with Crippen LogP contribution in [-0.4, -0.2) is 21.7 Å². The van der Waals surface area contributed by atoms with Crippen LogP contribution in [0.4, 0.5) is 10.8 Å². The Labute approximate surface area is 247 Å². The highest BCUT2D eigenvalue weighted by Crippen LogP contribution is 2.28. The van der Waals surface area contributed by atoms with Gasteiger partial charge in [0.05, 0.1) is 11.9 Å². The molecule has 0 aliphatic carbocycles. The van der Waals surface area contributed by atoms with Gasteiger partial charge in [-0.15, -0.1) is 11.3 Å². The van der Waals surface area contributed by atoms with E-state index in [1.54, 1.807) is 18.3 Å². The SMILES string of the molecule is Cc1ccc(Cn2cc(/C=N\NC(=O)c3ccc(-c4csc(Nc5ccc(Cl)cc5)n4)cc3)c3ccccc32)cc1. The molecule has 2 aromatic heterocycles. The van der Waals surface area contributed by atoms with E-state index in [1.807, 2.05) is 53.9 Å². The highest BCUT2D eigenvalue weighted by Gasteiger charge is 2.10. The molecule has 0 aliphatic rings. The van der Waals surface area contributed by atoms with Crippen LogP contribution in [0.15, 0.2) is 114 Å². The Hall–Kier alpha value is -4.72. The Bertz CT molecular complexity index is 1840.